The molecule has 0 saturated carbocycles. The van der Waals surface area contributed by atoms with Crippen molar-refractivity contribution in [3.63, 3.8) is 0 Å². The maximum atomic E-state index is 13.6. The summed E-state index contributed by atoms with van der Waals surface area (Å²) in [5.41, 5.74) is 3.33. The van der Waals surface area contributed by atoms with Crippen LogP contribution in [0, 0.1) is 12.7 Å². The van der Waals surface area contributed by atoms with Crippen LogP contribution in [0.25, 0.3) is 11.1 Å². The molecule has 0 fully saturated rings. The van der Waals surface area contributed by atoms with E-state index in [0.717, 1.165) is 16.8 Å². The molecule has 148 valence electrons. The van der Waals surface area contributed by atoms with Gasteiger partial charge in [0, 0.05) is 25.0 Å². The van der Waals surface area contributed by atoms with Crippen molar-refractivity contribution >= 4 is 11.9 Å². The highest BCUT2D eigenvalue weighted by Crippen LogP contribution is 2.21. The van der Waals surface area contributed by atoms with Gasteiger partial charge in [-0.05, 0) is 30.2 Å². The zero-order chi connectivity index (χ0) is 20.7. The Hall–Kier alpha value is -3.49. The highest BCUT2D eigenvalue weighted by Gasteiger charge is 2.06. The molecule has 9 heteroatoms. The van der Waals surface area contributed by atoms with Crippen molar-refractivity contribution in [2.45, 2.75) is 26.3 Å². The first-order valence-electron chi connectivity index (χ1n) is 8.45. The fourth-order valence-corrected chi connectivity index (χ4v) is 2.30. The van der Waals surface area contributed by atoms with E-state index in [9.17, 15) is 14.0 Å². The third-order valence-electron chi connectivity index (χ3n) is 3.78. The summed E-state index contributed by atoms with van der Waals surface area (Å²) in [5, 5.41) is 24.4. The van der Waals surface area contributed by atoms with Crippen LogP contribution in [0.5, 0.6) is 0 Å². The summed E-state index contributed by atoms with van der Waals surface area (Å²) in [6, 6.07) is 7.17. The van der Waals surface area contributed by atoms with Crippen LogP contribution < -0.4 is 0 Å². The van der Waals surface area contributed by atoms with Crippen molar-refractivity contribution in [1.29, 1.82) is 0 Å². The van der Waals surface area contributed by atoms with E-state index in [1.165, 1.54) is 6.07 Å². The lowest BCUT2D eigenvalue weighted by Gasteiger charge is -2.00. The highest BCUT2D eigenvalue weighted by molar-refractivity contribution is 5.75. The maximum absolute atomic E-state index is 13.6. The van der Waals surface area contributed by atoms with Crippen LogP contribution >= 0.6 is 0 Å². The van der Waals surface area contributed by atoms with Crippen molar-refractivity contribution in [2.24, 2.45) is 7.05 Å². The second-order valence-electron chi connectivity index (χ2n) is 6.16. The molecule has 0 atom stereocenters. The number of hydrogen-bond acceptors (Lipinski definition) is 4. The Morgan fingerprint density at radius 3 is 2.32 bits per heavy atom. The smallest absolute Gasteiger partial charge is 0.303 e. The lowest BCUT2D eigenvalue weighted by atomic mass is 10.1. The van der Waals surface area contributed by atoms with E-state index in [1.807, 2.05) is 31.6 Å². The molecule has 0 aliphatic rings. The molecule has 0 aliphatic heterocycles. The van der Waals surface area contributed by atoms with Gasteiger partial charge in [-0.2, -0.15) is 10.2 Å². The molecule has 2 aromatic heterocycles. The van der Waals surface area contributed by atoms with E-state index in [-0.39, 0.29) is 18.7 Å². The first-order valence-corrected chi connectivity index (χ1v) is 8.45. The minimum absolute atomic E-state index is 0.194. The van der Waals surface area contributed by atoms with Crippen LogP contribution in [-0.2, 0) is 23.2 Å². The fourth-order valence-electron chi connectivity index (χ4n) is 2.30. The van der Waals surface area contributed by atoms with Gasteiger partial charge in [0.1, 0.15) is 5.82 Å². The van der Waals surface area contributed by atoms with Crippen LogP contribution in [0.4, 0.5) is 4.39 Å². The summed E-state index contributed by atoms with van der Waals surface area (Å²) in [6.07, 6.45) is 4.95. The lowest BCUT2D eigenvalue weighted by molar-refractivity contribution is -0.143. The molecule has 3 rings (SSSR count). The number of nitrogens with zero attached hydrogens (tertiary/aromatic N) is 4. The summed E-state index contributed by atoms with van der Waals surface area (Å²) in [4.78, 5) is 19.3. The zero-order valence-electron chi connectivity index (χ0n) is 15.5. The standard InChI is InChI=1S/C15H15FN4.C4H6O4/c1-11-3-4-12(7-15(11)16)13-8-17-20(9-13)10-14-5-6-19(2)18-14;5-3(6)1-2-4(7)8/h3-9H,10H2,1-2H3;1-2H2,(H,5,6)(H,7,8). The van der Waals surface area contributed by atoms with Crippen LogP contribution in [0.2, 0.25) is 0 Å². The van der Waals surface area contributed by atoms with Gasteiger partial charge >= 0.3 is 11.9 Å². The van der Waals surface area contributed by atoms with Gasteiger partial charge in [-0.25, -0.2) is 4.39 Å². The van der Waals surface area contributed by atoms with E-state index >= 15 is 0 Å². The van der Waals surface area contributed by atoms with Gasteiger partial charge in [-0.1, -0.05) is 12.1 Å². The van der Waals surface area contributed by atoms with E-state index in [2.05, 4.69) is 10.2 Å². The fraction of sp³-hybridized carbons (Fsp3) is 0.263. The van der Waals surface area contributed by atoms with Crippen molar-refractivity contribution in [3.8, 4) is 11.1 Å². The van der Waals surface area contributed by atoms with Crippen molar-refractivity contribution in [3.05, 3.63) is 59.9 Å². The molecule has 1 aromatic carbocycles. The Kier molecular flexibility index (Phi) is 7.02. The second-order valence-corrected chi connectivity index (χ2v) is 6.16. The first-order chi connectivity index (χ1) is 13.2. The number of aromatic nitrogens is 4. The number of carbonyl (C=O) groups is 2. The van der Waals surface area contributed by atoms with Crippen molar-refractivity contribution < 1.29 is 24.2 Å². The maximum Gasteiger partial charge on any atom is 0.303 e. The van der Waals surface area contributed by atoms with Crippen LogP contribution in [0.3, 0.4) is 0 Å². The Labute approximate surface area is 160 Å². The molecule has 0 saturated heterocycles. The van der Waals surface area contributed by atoms with E-state index in [4.69, 9.17) is 10.2 Å². The Bertz CT molecular complexity index is 951. The molecule has 0 aliphatic carbocycles. The lowest BCUT2D eigenvalue weighted by Crippen LogP contribution is -2.01. The number of aliphatic carboxylic acids is 2. The average Bonchev–Trinajstić information content (AvgIpc) is 3.25. The normalized spacial score (nSPS) is 10.2. The molecule has 2 heterocycles. The van der Waals surface area contributed by atoms with Gasteiger partial charge in [0.25, 0.3) is 0 Å². The quantitative estimate of drug-likeness (QED) is 0.672. The SMILES string of the molecule is Cc1ccc(-c2cnn(Cc3ccn(C)n3)c2)cc1F.O=C(O)CCC(=O)O. The Balaban J connectivity index is 0.000000300. The highest BCUT2D eigenvalue weighted by atomic mass is 19.1. The van der Waals surface area contributed by atoms with Gasteiger partial charge in [0.2, 0.25) is 0 Å². The number of rotatable bonds is 6. The topological polar surface area (TPSA) is 110 Å². The summed E-state index contributed by atoms with van der Waals surface area (Å²) in [7, 11) is 1.88. The van der Waals surface area contributed by atoms with E-state index in [1.54, 1.807) is 28.6 Å². The molecule has 0 radical (unpaired) electrons. The molecular formula is C19H21FN4O4. The molecule has 28 heavy (non-hydrogen) atoms. The largest absolute Gasteiger partial charge is 0.481 e. The number of benzene rings is 1. The first kappa shape index (κ1) is 20.8. The second kappa shape index (κ2) is 9.45. The third-order valence-corrected chi connectivity index (χ3v) is 3.78. The van der Waals surface area contributed by atoms with Gasteiger partial charge in [-0.3, -0.25) is 19.0 Å². The molecule has 3 aromatic rings. The number of carboxylic acids is 2. The van der Waals surface area contributed by atoms with Crippen molar-refractivity contribution in [2.75, 3.05) is 0 Å². The summed E-state index contributed by atoms with van der Waals surface area (Å²) < 4.78 is 17.1. The monoisotopic (exact) mass is 388 g/mol. The summed E-state index contributed by atoms with van der Waals surface area (Å²) in [5.74, 6) is -2.35. The van der Waals surface area contributed by atoms with E-state index < -0.39 is 11.9 Å². The van der Waals surface area contributed by atoms with Gasteiger partial charge in [0.15, 0.2) is 0 Å². The number of aryl methyl sites for hydroxylation is 2. The van der Waals surface area contributed by atoms with Gasteiger partial charge in [0.05, 0.1) is 31.3 Å². The predicted molar refractivity (Wildman–Crippen MR) is 99.2 cm³/mol. The van der Waals surface area contributed by atoms with Crippen LogP contribution in [0.1, 0.15) is 24.1 Å². The molecule has 0 spiro atoms. The molecule has 8 nitrogen and oxygen atoms in total. The number of hydrogen-bond donors (Lipinski definition) is 2. The van der Waals surface area contributed by atoms with Crippen LogP contribution in [0.15, 0.2) is 42.9 Å². The number of carboxylic acid groups (broad SMARTS) is 2. The third kappa shape index (κ3) is 6.35. The average molecular weight is 388 g/mol. The Morgan fingerprint density at radius 1 is 1.11 bits per heavy atom. The molecule has 0 amide bonds. The van der Waals surface area contributed by atoms with Crippen molar-refractivity contribution in [1.82, 2.24) is 19.6 Å². The minimum atomic E-state index is -1.08. The molecule has 0 bridgehead atoms. The molecule has 0 unspecified atom stereocenters. The number of halogens is 1. The van der Waals surface area contributed by atoms with Gasteiger partial charge in [-0.15, -0.1) is 0 Å². The van der Waals surface area contributed by atoms with E-state index in [0.29, 0.717) is 12.1 Å². The minimum Gasteiger partial charge on any atom is -0.481 e. The van der Waals surface area contributed by atoms with Crippen LogP contribution in [-0.4, -0.2) is 41.7 Å². The zero-order valence-corrected chi connectivity index (χ0v) is 15.5. The molecule has 2 N–H and O–H groups in total. The predicted octanol–water partition coefficient (Wildman–Crippen LogP) is 2.72. The van der Waals surface area contributed by atoms with Gasteiger partial charge < -0.3 is 10.2 Å². The summed E-state index contributed by atoms with van der Waals surface area (Å²) >= 11 is 0. The Morgan fingerprint density at radius 2 is 1.79 bits per heavy atom. The summed E-state index contributed by atoms with van der Waals surface area (Å²) in [6.45, 7) is 2.36. The molecular weight excluding hydrogens is 367 g/mol.